The fraction of sp³-hybridized carbons (Fsp3) is 0.389. The Morgan fingerprint density at radius 2 is 1.93 bits per heavy atom. The second kappa shape index (κ2) is 7.43. The molecule has 4 rings (SSSR count). The Morgan fingerprint density at radius 3 is 2.59 bits per heavy atom. The van der Waals surface area contributed by atoms with Gasteiger partial charge in [0.2, 0.25) is 5.91 Å². The van der Waals surface area contributed by atoms with Gasteiger partial charge in [0.05, 0.1) is 5.69 Å². The van der Waals surface area contributed by atoms with Gasteiger partial charge in [0.15, 0.2) is 0 Å². The molecule has 1 saturated heterocycles. The van der Waals surface area contributed by atoms with Crippen LogP contribution < -0.4 is 10.2 Å². The number of rotatable bonds is 4. The number of aryl methyl sites for hydroxylation is 2. The highest BCUT2D eigenvalue weighted by molar-refractivity contribution is 7.10. The van der Waals surface area contributed by atoms with Gasteiger partial charge in [-0.25, -0.2) is 15.0 Å². The van der Waals surface area contributed by atoms with Gasteiger partial charge in [-0.15, -0.1) is 0 Å². The molecule has 8 nitrogen and oxygen atoms in total. The molecule has 0 bridgehead atoms. The minimum Gasteiger partial charge on any atom is -0.356 e. The van der Waals surface area contributed by atoms with E-state index in [0.29, 0.717) is 0 Å². The molecule has 4 heterocycles. The zero-order valence-corrected chi connectivity index (χ0v) is 16.1. The molecule has 3 aromatic rings. The minimum absolute atomic E-state index is 0.0147. The summed E-state index contributed by atoms with van der Waals surface area (Å²) < 4.78 is 6.13. The maximum atomic E-state index is 12.5. The van der Waals surface area contributed by atoms with Crippen molar-refractivity contribution in [1.29, 1.82) is 0 Å². The van der Waals surface area contributed by atoms with Crippen LogP contribution in [0.5, 0.6) is 0 Å². The molecule has 0 saturated carbocycles. The van der Waals surface area contributed by atoms with Gasteiger partial charge >= 0.3 is 0 Å². The Balaban J connectivity index is 1.39. The Morgan fingerprint density at radius 1 is 1.15 bits per heavy atom. The molecule has 1 amide bonds. The van der Waals surface area contributed by atoms with Gasteiger partial charge in [0, 0.05) is 37.5 Å². The SMILES string of the molecule is Cc1cc(NC(=O)C2CCN(c3cc(-n4ccnc4C)ncn3)CC2)sn1. The van der Waals surface area contributed by atoms with Crippen LogP contribution in [-0.2, 0) is 4.79 Å². The van der Waals surface area contributed by atoms with E-state index in [4.69, 9.17) is 0 Å². The fourth-order valence-corrected chi connectivity index (χ4v) is 3.94. The smallest absolute Gasteiger partial charge is 0.228 e. The number of nitrogens with zero attached hydrogens (tertiary/aromatic N) is 6. The van der Waals surface area contributed by atoms with Crippen LogP contribution >= 0.6 is 11.5 Å². The summed E-state index contributed by atoms with van der Waals surface area (Å²) in [5.41, 5.74) is 0.929. The summed E-state index contributed by atoms with van der Waals surface area (Å²) in [5, 5.41) is 3.80. The quantitative estimate of drug-likeness (QED) is 0.745. The van der Waals surface area contributed by atoms with E-state index in [1.807, 2.05) is 36.7 Å². The lowest BCUT2D eigenvalue weighted by Crippen LogP contribution is -2.38. The molecule has 0 radical (unpaired) electrons. The number of anilines is 2. The van der Waals surface area contributed by atoms with Gasteiger partial charge < -0.3 is 10.2 Å². The number of hydrogen-bond acceptors (Lipinski definition) is 7. The van der Waals surface area contributed by atoms with Crippen molar-refractivity contribution in [3.63, 3.8) is 0 Å². The second-order valence-electron chi connectivity index (χ2n) is 6.66. The molecule has 1 fully saturated rings. The van der Waals surface area contributed by atoms with Crippen molar-refractivity contribution in [3.05, 3.63) is 42.4 Å². The lowest BCUT2D eigenvalue weighted by atomic mass is 9.96. The third kappa shape index (κ3) is 3.82. The van der Waals surface area contributed by atoms with Crippen LogP contribution in [0.4, 0.5) is 10.8 Å². The minimum atomic E-state index is 0.0147. The molecule has 0 unspecified atom stereocenters. The van der Waals surface area contributed by atoms with Crippen LogP contribution in [0.3, 0.4) is 0 Å². The van der Waals surface area contributed by atoms with E-state index in [9.17, 15) is 4.79 Å². The summed E-state index contributed by atoms with van der Waals surface area (Å²) in [6.07, 6.45) is 6.82. The highest BCUT2D eigenvalue weighted by Crippen LogP contribution is 2.25. The summed E-state index contributed by atoms with van der Waals surface area (Å²) >= 11 is 1.32. The molecule has 140 valence electrons. The molecule has 1 aliphatic heterocycles. The molecule has 0 spiro atoms. The lowest BCUT2D eigenvalue weighted by Gasteiger charge is -2.32. The first-order chi connectivity index (χ1) is 13.1. The standard InChI is InChI=1S/C18H21N7OS/c1-12-9-17(27-23-12)22-18(26)14-3-6-24(7-4-14)15-10-16(21-11-20-15)25-8-5-19-13(25)2/h5,8-11,14H,3-4,6-7H2,1-2H3,(H,22,26). The van der Waals surface area contributed by atoms with Gasteiger partial charge in [0.25, 0.3) is 0 Å². The molecule has 3 aromatic heterocycles. The molecular formula is C18H21N7OS. The predicted octanol–water partition coefficient (Wildman–Crippen LogP) is 2.59. The van der Waals surface area contributed by atoms with Crippen molar-refractivity contribution in [3.8, 4) is 5.82 Å². The summed E-state index contributed by atoms with van der Waals surface area (Å²) in [6.45, 7) is 5.45. The van der Waals surface area contributed by atoms with Crippen LogP contribution in [-0.4, -0.2) is 42.9 Å². The van der Waals surface area contributed by atoms with Crippen LogP contribution in [0.1, 0.15) is 24.4 Å². The third-order valence-electron chi connectivity index (χ3n) is 4.77. The first kappa shape index (κ1) is 17.6. The van der Waals surface area contributed by atoms with E-state index in [-0.39, 0.29) is 11.8 Å². The van der Waals surface area contributed by atoms with Gasteiger partial charge in [-0.3, -0.25) is 9.36 Å². The summed E-state index contributed by atoms with van der Waals surface area (Å²) in [5.74, 6) is 2.66. The summed E-state index contributed by atoms with van der Waals surface area (Å²) in [4.78, 5) is 27.7. The maximum Gasteiger partial charge on any atom is 0.228 e. The Bertz CT molecular complexity index is 943. The molecule has 1 aliphatic rings. The number of aromatic nitrogens is 5. The maximum absolute atomic E-state index is 12.5. The first-order valence-electron chi connectivity index (χ1n) is 8.91. The van der Waals surface area contributed by atoms with E-state index in [2.05, 4.69) is 29.5 Å². The zero-order valence-electron chi connectivity index (χ0n) is 15.3. The molecule has 0 aliphatic carbocycles. The van der Waals surface area contributed by atoms with Crippen molar-refractivity contribution in [2.24, 2.45) is 5.92 Å². The van der Waals surface area contributed by atoms with Crippen molar-refractivity contribution < 1.29 is 4.79 Å². The highest BCUT2D eigenvalue weighted by Gasteiger charge is 2.26. The van der Waals surface area contributed by atoms with Crippen LogP contribution in [0.2, 0.25) is 0 Å². The monoisotopic (exact) mass is 383 g/mol. The fourth-order valence-electron chi connectivity index (χ4n) is 3.28. The van der Waals surface area contributed by atoms with E-state index in [1.54, 1.807) is 12.5 Å². The Kier molecular flexibility index (Phi) is 4.85. The molecule has 27 heavy (non-hydrogen) atoms. The molecule has 1 N–H and O–H groups in total. The highest BCUT2D eigenvalue weighted by atomic mass is 32.1. The van der Waals surface area contributed by atoms with Gasteiger partial charge in [-0.2, -0.15) is 4.37 Å². The Labute approximate surface area is 161 Å². The second-order valence-corrected chi connectivity index (χ2v) is 7.47. The normalized spacial score (nSPS) is 15.1. The van der Waals surface area contributed by atoms with Gasteiger partial charge in [-0.1, -0.05) is 0 Å². The van der Waals surface area contributed by atoms with Crippen molar-refractivity contribution in [2.45, 2.75) is 26.7 Å². The van der Waals surface area contributed by atoms with E-state index in [1.165, 1.54) is 11.5 Å². The molecule has 9 heteroatoms. The topological polar surface area (TPSA) is 88.8 Å². The summed E-state index contributed by atoms with van der Waals surface area (Å²) in [7, 11) is 0. The number of carbonyl (C=O) groups is 1. The molecular weight excluding hydrogens is 362 g/mol. The zero-order chi connectivity index (χ0) is 18.8. The Hall–Kier alpha value is -2.81. The lowest BCUT2D eigenvalue weighted by molar-refractivity contribution is -0.120. The average Bonchev–Trinajstić information content (AvgIpc) is 3.30. The van der Waals surface area contributed by atoms with E-state index in [0.717, 1.165) is 54.1 Å². The molecule has 0 atom stereocenters. The number of nitrogens with one attached hydrogen (secondary N) is 1. The number of hydrogen-bond donors (Lipinski definition) is 1. The van der Waals surface area contributed by atoms with E-state index < -0.39 is 0 Å². The van der Waals surface area contributed by atoms with Crippen LogP contribution in [0.25, 0.3) is 5.82 Å². The number of imidazole rings is 1. The predicted molar refractivity (Wildman–Crippen MR) is 104 cm³/mol. The van der Waals surface area contributed by atoms with Gasteiger partial charge in [-0.05, 0) is 44.3 Å². The molecule has 0 aromatic carbocycles. The van der Waals surface area contributed by atoms with Crippen molar-refractivity contribution >= 4 is 28.3 Å². The average molecular weight is 383 g/mol. The van der Waals surface area contributed by atoms with Crippen molar-refractivity contribution in [1.82, 2.24) is 23.9 Å². The number of carbonyl (C=O) groups excluding carboxylic acids is 1. The number of piperidine rings is 1. The number of amides is 1. The third-order valence-corrected chi connectivity index (χ3v) is 5.57. The largest absolute Gasteiger partial charge is 0.356 e. The van der Waals surface area contributed by atoms with E-state index >= 15 is 0 Å². The summed E-state index contributed by atoms with van der Waals surface area (Å²) in [6, 6.07) is 3.87. The van der Waals surface area contributed by atoms with Gasteiger partial charge in [0.1, 0.15) is 28.8 Å². The van der Waals surface area contributed by atoms with Crippen LogP contribution in [0.15, 0.2) is 30.9 Å². The first-order valence-corrected chi connectivity index (χ1v) is 9.69. The van der Waals surface area contributed by atoms with Crippen molar-refractivity contribution in [2.75, 3.05) is 23.3 Å². The van der Waals surface area contributed by atoms with Crippen LogP contribution in [0, 0.1) is 19.8 Å².